The molecule has 1 N–H and O–H groups in total. The van der Waals surface area contributed by atoms with Crippen LogP contribution in [0.3, 0.4) is 0 Å². The summed E-state index contributed by atoms with van der Waals surface area (Å²) in [7, 11) is 0. The Morgan fingerprint density at radius 1 is 1.10 bits per heavy atom. The standard InChI is InChI=1S/C24H26FN3O2S/c25-19-12-10-18(11-13-19)15-28-23(30)20-8-4-5-9-21(20)27-24(28)31-16-22(29)26-14-17-6-2-1-3-7-17/h4-5,8-13,17H,1-3,6-7,14-16H2,(H,26,29). The molecule has 3 aromatic rings. The predicted molar refractivity (Wildman–Crippen MR) is 122 cm³/mol. The third kappa shape index (κ3) is 5.53. The van der Waals surface area contributed by atoms with Gasteiger partial charge < -0.3 is 5.32 Å². The number of para-hydroxylation sites is 1. The van der Waals surface area contributed by atoms with Crippen molar-refractivity contribution in [2.75, 3.05) is 12.3 Å². The van der Waals surface area contributed by atoms with Gasteiger partial charge in [-0.25, -0.2) is 9.37 Å². The first-order chi connectivity index (χ1) is 15.1. The number of carbonyl (C=O) groups excluding carboxylic acids is 1. The van der Waals surface area contributed by atoms with Crippen LogP contribution in [0, 0.1) is 11.7 Å². The van der Waals surface area contributed by atoms with Crippen molar-refractivity contribution >= 4 is 28.6 Å². The van der Waals surface area contributed by atoms with Gasteiger partial charge in [0.25, 0.3) is 5.56 Å². The molecule has 0 atom stereocenters. The van der Waals surface area contributed by atoms with E-state index >= 15 is 0 Å². The summed E-state index contributed by atoms with van der Waals surface area (Å²) < 4.78 is 14.8. The fourth-order valence-electron chi connectivity index (χ4n) is 4.00. The zero-order valence-electron chi connectivity index (χ0n) is 17.4. The molecule has 0 spiro atoms. The normalized spacial score (nSPS) is 14.6. The van der Waals surface area contributed by atoms with Gasteiger partial charge in [-0.05, 0) is 48.6 Å². The van der Waals surface area contributed by atoms with Gasteiger partial charge in [-0.1, -0.05) is 55.3 Å². The van der Waals surface area contributed by atoms with Gasteiger partial charge in [-0.2, -0.15) is 0 Å². The van der Waals surface area contributed by atoms with E-state index in [4.69, 9.17) is 0 Å². The van der Waals surface area contributed by atoms with Gasteiger partial charge >= 0.3 is 0 Å². The molecule has 1 aliphatic rings. The van der Waals surface area contributed by atoms with E-state index in [-0.39, 0.29) is 29.6 Å². The van der Waals surface area contributed by atoms with Crippen LogP contribution in [0.5, 0.6) is 0 Å². The average Bonchev–Trinajstić information content (AvgIpc) is 2.80. The molecule has 1 saturated carbocycles. The lowest BCUT2D eigenvalue weighted by molar-refractivity contribution is -0.118. The zero-order valence-corrected chi connectivity index (χ0v) is 18.2. The van der Waals surface area contributed by atoms with Gasteiger partial charge in [-0.15, -0.1) is 0 Å². The topological polar surface area (TPSA) is 64.0 Å². The number of benzene rings is 2. The minimum Gasteiger partial charge on any atom is -0.355 e. The van der Waals surface area contributed by atoms with Crippen molar-refractivity contribution in [3.05, 3.63) is 70.3 Å². The van der Waals surface area contributed by atoms with Crippen molar-refractivity contribution in [1.29, 1.82) is 0 Å². The molecule has 2 aromatic carbocycles. The molecule has 31 heavy (non-hydrogen) atoms. The van der Waals surface area contributed by atoms with Crippen LogP contribution in [0.4, 0.5) is 4.39 Å². The molecule has 1 aliphatic carbocycles. The van der Waals surface area contributed by atoms with Crippen molar-refractivity contribution < 1.29 is 9.18 Å². The number of halogens is 1. The summed E-state index contributed by atoms with van der Waals surface area (Å²) in [6.07, 6.45) is 6.13. The highest BCUT2D eigenvalue weighted by Crippen LogP contribution is 2.23. The molecule has 1 aromatic heterocycles. The van der Waals surface area contributed by atoms with Crippen molar-refractivity contribution in [2.45, 2.75) is 43.8 Å². The van der Waals surface area contributed by atoms with Crippen molar-refractivity contribution in [1.82, 2.24) is 14.9 Å². The third-order valence-corrected chi connectivity index (χ3v) is 6.70. The summed E-state index contributed by atoms with van der Waals surface area (Å²) in [6.45, 7) is 0.982. The predicted octanol–water partition coefficient (Wildman–Crippen LogP) is 4.37. The van der Waals surface area contributed by atoms with E-state index in [1.54, 1.807) is 34.9 Å². The minimum atomic E-state index is -0.322. The molecule has 162 valence electrons. The van der Waals surface area contributed by atoms with E-state index in [1.807, 2.05) is 6.07 Å². The number of carbonyl (C=O) groups is 1. The van der Waals surface area contributed by atoms with E-state index in [1.165, 1.54) is 56.0 Å². The van der Waals surface area contributed by atoms with Crippen LogP contribution >= 0.6 is 11.8 Å². The number of nitrogens with zero attached hydrogens (tertiary/aromatic N) is 2. The highest BCUT2D eigenvalue weighted by Gasteiger charge is 2.16. The molecule has 1 amide bonds. The quantitative estimate of drug-likeness (QED) is 0.439. The van der Waals surface area contributed by atoms with E-state index in [9.17, 15) is 14.0 Å². The van der Waals surface area contributed by atoms with Gasteiger partial charge in [0.15, 0.2) is 5.16 Å². The Bertz CT molecular complexity index is 1110. The molecular weight excluding hydrogens is 413 g/mol. The van der Waals surface area contributed by atoms with E-state index < -0.39 is 0 Å². The summed E-state index contributed by atoms with van der Waals surface area (Å²) in [4.78, 5) is 30.2. The summed E-state index contributed by atoms with van der Waals surface area (Å²) in [5.74, 6) is 0.391. The molecule has 0 bridgehead atoms. The molecule has 0 aliphatic heterocycles. The summed E-state index contributed by atoms with van der Waals surface area (Å²) in [5, 5.41) is 4.04. The third-order valence-electron chi connectivity index (χ3n) is 5.73. The Labute approximate surface area is 185 Å². The van der Waals surface area contributed by atoms with Crippen LogP contribution in [-0.4, -0.2) is 27.8 Å². The van der Waals surface area contributed by atoms with Crippen molar-refractivity contribution in [3.63, 3.8) is 0 Å². The first-order valence-corrected chi connectivity index (χ1v) is 11.7. The fourth-order valence-corrected chi connectivity index (χ4v) is 4.83. The Morgan fingerprint density at radius 2 is 1.84 bits per heavy atom. The average molecular weight is 440 g/mol. The van der Waals surface area contributed by atoms with Gasteiger partial charge in [0.05, 0.1) is 23.2 Å². The SMILES string of the molecule is O=C(CSc1nc2ccccc2c(=O)n1Cc1ccc(F)cc1)NCC1CCCCC1. The Hall–Kier alpha value is -2.67. The molecule has 1 heterocycles. The van der Waals surface area contributed by atoms with Crippen LogP contribution in [0.15, 0.2) is 58.5 Å². The zero-order chi connectivity index (χ0) is 21.6. The van der Waals surface area contributed by atoms with Gasteiger partial charge in [0, 0.05) is 6.54 Å². The Morgan fingerprint density at radius 3 is 2.61 bits per heavy atom. The summed E-state index contributed by atoms with van der Waals surface area (Å²) in [5.41, 5.74) is 1.23. The highest BCUT2D eigenvalue weighted by molar-refractivity contribution is 7.99. The molecule has 0 saturated heterocycles. The number of hydrogen-bond donors (Lipinski definition) is 1. The minimum absolute atomic E-state index is 0.0497. The lowest BCUT2D eigenvalue weighted by atomic mass is 9.89. The number of rotatable bonds is 7. The largest absolute Gasteiger partial charge is 0.355 e. The number of thioether (sulfide) groups is 1. The van der Waals surface area contributed by atoms with Crippen molar-refractivity contribution in [3.8, 4) is 0 Å². The van der Waals surface area contributed by atoms with Gasteiger partial charge in [0.2, 0.25) is 5.91 Å². The molecule has 0 radical (unpaired) electrons. The van der Waals surface area contributed by atoms with E-state index in [0.717, 1.165) is 5.56 Å². The van der Waals surface area contributed by atoms with Gasteiger partial charge in [0.1, 0.15) is 5.82 Å². The second kappa shape index (κ2) is 10.1. The number of amides is 1. The van der Waals surface area contributed by atoms with E-state index in [0.29, 0.717) is 28.5 Å². The number of fused-ring (bicyclic) bond motifs is 1. The summed E-state index contributed by atoms with van der Waals surface area (Å²) >= 11 is 1.26. The molecule has 0 unspecified atom stereocenters. The van der Waals surface area contributed by atoms with Crippen LogP contribution in [0.2, 0.25) is 0 Å². The Kier molecular flexibility index (Phi) is 7.02. The van der Waals surface area contributed by atoms with Crippen LogP contribution < -0.4 is 10.9 Å². The number of aromatic nitrogens is 2. The van der Waals surface area contributed by atoms with Crippen LogP contribution in [0.25, 0.3) is 10.9 Å². The van der Waals surface area contributed by atoms with Gasteiger partial charge in [-0.3, -0.25) is 14.2 Å². The van der Waals surface area contributed by atoms with Crippen LogP contribution in [-0.2, 0) is 11.3 Å². The maximum Gasteiger partial charge on any atom is 0.262 e. The van der Waals surface area contributed by atoms with Crippen LogP contribution in [0.1, 0.15) is 37.7 Å². The lowest BCUT2D eigenvalue weighted by Gasteiger charge is -2.21. The molecular formula is C24H26FN3O2S. The second-order valence-corrected chi connectivity index (χ2v) is 8.97. The smallest absolute Gasteiger partial charge is 0.262 e. The first-order valence-electron chi connectivity index (χ1n) is 10.7. The summed E-state index contributed by atoms with van der Waals surface area (Å²) in [6, 6.07) is 13.2. The maximum absolute atomic E-state index is 13.3. The number of hydrogen-bond acceptors (Lipinski definition) is 4. The maximum atomic E-state index is 13.3. The second-order valence-electron chi connectivity index (χ2n) is 8.03. The molecule has 4 rings (SSSR count). The highest BCUT2D eigenvalue weighted by atomic mass is 32.2. The first kappa shape index (κ1) is 21.6. The Balaban J connectivity index is 1.51. The lowest BCUT2D eigenvalue weighted by Crippen LogP contribution is -2.32. The monoisotopic (exact) mass is 439 g/mol. The molecule has 1 fully saturated rings. The fraction of sp³-hybridized carbons (Fsp3) is 0.375. The van der Waals surface area contributed by atoms with Crippen molar-refractivity contribution in [2.24, 2.45) is 5.92 Å². The number of nitrogens with one attached hydrogen (secondary N) is 1. The molecule has 5 nitrogen and oxygen atoms in total. The molecule has 7 heteroatoms. The van der Waals surface area contributed by atoms with E-state index in [2.05, 4.69) is 10.3 Å².